The van der Waals surface area contributed by atoms with E-state index >= 15 is 0 Å². The number of piperidine rings is 2. The van der Waals surface area contributed by atoms with E-state index in [1.54, 1.807) is 24.3 Å². The Labute approximate surface area is 451 Å². The fourth-order valence-electron chi connectivity index (χ4n) is 8.21. The van der Waals surface area contributed by atoms with Crippen LogP contribution in [0.15, 0.2) is 162 Å². The molecule has 0 radical (unpaired) electrons. The summed E-state index contributed by atoms with van der Waals surface area (Å²) in [6.45, 7) is 19.4. The molecule has 6 aromatic rings. The van der Waals surface area contributed by atoms with Crippen LogP contribution in [0.1, 0.15) is 131 Å². The summed E-state index contributed by atoms with van der Waals surface area (Å²) >= 11 is 3.30. The third-order valence-electron chi connectivity index (χ3n) is 11.7. The fourth-order valence-corrected chi connectivity index (χ4v) is 8.61. The number of benzene rings is 6. The number of anilines is 2. The Morgan fingerprint density at radius 2 is 1.00 bits per heavy atom. The highest BCUT2D eigenvalue weighted by atomic mass is 79.9. The van der Waals surface area contributed by atoms with Gasteiger partial charge in [0.25, 0.3) is 0 Å². The first kappa shape index (κ1) is 61.7. The Hall–Kier alpha value is -6.60. The molecule has 11 heteroatoms. The summed E-state index contributed by atoms with van der Waals surface area (Å²) in [7, 11) is 0. The third-order valence-corrected chi connectivity index (χ3v) is 12.2. The molecule has 0 atom stereocenters. The smallest absolute Gasteiger partial charge is 0.338 e. The van der Waals surface area contributed by atoms with Crippen molar-refractivity contribution in [1.29, 1.82) is 10.5 Å². The van der Waals surface area contributed by atoms with E-state index in [1.165, 1.54) is 11.1 Å². The predicted octanol–water partition coefficient (Wildman–Crippen LogP) is 14.5. The van der Waals surface area contributed by atoms with Crippen LogP contribution in [0.2, 0.25) is 0 Å². The zero-order chi connectivity index (χ0) is 52.1. The van der Waals surface area contributed by atoms with E-state index in [9.17, 15) is 14.9 Å². The number of aryl methyl sites for hydroxylation is 1. The van der Waals surface area contributed by atoms with E-state index in [4.69, 9.17) is 20.5 Å². The number of nitriles is 2. The number of ether oxygens (including phenoxy) is 2. The lowest BCUT2D eigenvalue weighted by Crippen LogP contribution is -2.43. The Morgan fingerprint density at radius 1 is 0.581 bits per heavy atom. The monoisotopic (exact) mass is 1060 g/mol. The van der Waals surface area contributed by atoms with Gasteiger partial charge in [-0.15, -0.1) is 0 Å². The van der Waals surface area contributed by atoms with Crippen molar-refractivity contribution in [2.75, 3.05) is 31.1 Å². The maximum Gasteiger partial charge on any atom is 0.338 e. The number of hydrogen-bond donors (Lipinski definition) is 1. The first-order chi connectivity index (χ1) is 34.4. The minimum Gasteiger partial charge on any atom is -0.456 e. The van der Waals surface area contributed by atoms with Crippen LogP contribution >= 0.6 is 15.9 Å². The molecule has 10 nitrogen and oxygen atoms in total. The first-order valence-electron chi connectivity index (χ1n) is 24.7. The van der Waals surface area contributed by atoms with Crippen LogP contribution in [0.5, 0.6) is 0 Å². The number of esters is 2. The molecule has 0 aromatic heterocycles. The standard InChI is InChI=1S/C30H33N3O2.C12H18N2.C11H13BrO2.C8H7N.2CH4/c1-30(2,3)35-29(34)25-12-8-14-28(20-25)33(27-13-7-11-24(19-27)21-31)26-15-17-32(18-16-26)22-23-9-5-4-6-10-23;13-12-6-8-14(9-7-12)10-11-4-2-1-3-5-11;1-11(2,3)14-10(13)8-5-4-6-9(12)7-8;1-7-3-2-4-8(5-7)6-9;;/h4-14,19-20,26H,15-18,22H2,1-3H3;1-5,12H,6-10,13H2;4-7H,1-3H3;2-5H,1H3;2*1H4. The molecule has 0 aliphatic carbocycles. The van der Waals surface area contributed by atoms with Gasteiger partial charge < -0.3 is 20.1 Å². The number of hydrogen-bond acceptors (Lipinski definition) is 10. The number of halogens is 1. The molecular weight excluding hydrogens is 985 g/mol. The zero-order valence-corrected chi connectivity index (χ0v) is 44.6. The highest BCUT2D eigenvalue weighted by Gasteiger charge is 2.28. The molecule has 2 fully saturated rings. The molecule has 0 spiro atoms. The summed E-state index contributed by atoms with van der Waals surface area (Å²) in [5.41, 5.74) is 13.1. The second-order valence-electron chi connectivity index (χ2n) is 20.2. The second-order valence-corrected chi connectivity index (χ2v) is 21.1. The van der Waals surface area contributed by atoms with Gasteiger partial charge in [0.05, 0.1) is 34.4 Å². The van der Waals surface area contributed by atoms with Crippen molar-refractivity contribution in [2.45, 2.75) is 125 Å². The largest absolute Gasteiger partial charge is 0.456 e. The number of rotatable bonds is 9. The van der Waals surface area contributed by atoms with E-state index in [-0.39, 0.29) is 32.8 Å². The second kappa shape index (κ2) is 30.6. The van der Waals surface area contributed by atoms with Gasteiger partial charge in [0.1, 0.15) is 11.2 Å². The van der Waals surface area contributed by atoms with E-state index in [2.05, 4.69) is 97.4 Å². The van der Waals surface area contributed by atoms with E-state index < -0.39 is 11.2 Å². The molecule has 2 aliphatic heterocycles. The van der Waals surface area contributed by atoms with Crippen molar-refractivity contribution in [3.8, 4) is 12.1 Å². The predicted molar refractivity (Wildman–Crippen MR) is 307 cm³/mol. The highest BCUT2D eigenvalue weighted by Crippen LogP contribution is 2.34. The van der Waals surface area contributed by atoms with Gasteiger partial charge in [-0.1, -0.05) is 122 Å². The van der Waals surface area contributed by atoms with Crippen molar-refractivity contribution in [3.63, 3.8) is 0 Å². The minimum absolute atomic E-state index is 0. The van der Waals surface area contributed by atoms with Crippen molar-refractivity contribution in [3.05, 3.63) is 201 Å². The van der Waals surface area contributed by atoms with Gasteiger partial charge in [0.2, 0.25) is 0 Å². The van der Waals surface area contributed by atoms with Crippen LogP contribution in [0.4, 0.5) is 11.4 Å². The van der Waals surface area contributed by atoms with Crippen molar-refractivity contribution in [2.24, 2.45) is 5.73 Å². The summed E-state index contributed by atoms with van der Waals surface area (Å²) in [6, 6.07) is 56.2. The molecule has 74 heavy (non-hydrogen) atoms. The van der Waals surface area contributed by atoms with Crippen molar-refractivity contribution >= 4 is 39.2 Å². The van der Waals surface area contributed by atoms with Crippen molar-refractivity contribution in [1.82, 2.24) is 9.80 Å². The molecule has 2 aliphatic rings. The van der Waals surface area contributed by atoms with E-state index in [0.717, 1.165) is 91.9 Å². The zero-order valence-electron chi connectivity index (χ0n) is 43.1. The summed E-state index contributed by atoms with van der Waals surface area (Å²) in [6.07, 6.45) is 4.26. The number of carbonyl (C=O) groups excluding carboxylic acids is 2. The average molecular weight is 1060 g/mol. The Bertz CT molecular complexity index is 2710. The molecule has 2 heterocycles. The third kappa shape index (κ3) is 21.9. The molecule has 0 saturated carbocycles. The summed E-state index contributed by atoms with van der Waals surface area (Å²) in [5, 5.41) is 17.9. The molecule has 8 rings (SSSR count). The number of nitrogens with two attached hydrogens (primary N) is 1. The van der Waals surface area contributed by atoms with Crippen LogP contribution in [-0.2, 0) is 22.6 Å². The van der Waals surface area contributed by atoms with Crippen LogP contribution in [0.3, 0.4) is 0 Å². The molecule has 0 unspecified atom stereocenters. The molecule has 2 N–H and O–H groups in total. The van der Waals surface area contributed by atoms with Gasteiger partial charge in [-0.2, -0.15) is 10.5 Å². The average Bonchev–Trinajstić information content (AvgIpc) is 3.36. The summed E-state index contributed by atoms with van der Waals surface area (Å²) in [4.78, 5) is 31.6. The lowest BCUT2D eigenvalue weighted by Gasteiger charge is -2.40. The Morgan fingerprint density at radius 3 is 1.45 bits per heavy atom. The summed E-state index contributed by atoms with van der Waals surface area (Å²) in [5.74, 6) is -0.624. The molecule has 0 amide bonds. The Balaban J connectivity index is 0.000000303. The fraction of sp³-hybridized carbons (Fsp3) is 0.365. The number of likely N-dealkylation sites (tertiary alicyclic amines) is 2. The Kier molecular flexibility index (Phi) is 25.5. The normalized spacial score (nSPS) is 13.9. The van der Waals surface area contributed by atoms with E-state index in [0.29, 0.717) is 22.7 Å². The maximum absolute atomic E-state index is 12.8. The molecule has 0 bridgehead atoms. The molecule has 2 saturated heterocycles. The summed E-state index contributed by atoms with van der Waals surface area (Å²) < 4.78 is 11.7. The minimum atomic E-state index is -0.556. The first-order valence-corrected chi connectivity index (χ1v) is 25.5. The van der Waals surface area contributed by atoms with Gasteiger partial charge >= 0.3 is 11.9 Å². The maximum atomic E-state index is 12.8. The van der Waals surface area contributed by atoms with Crippen LogP contribution in [0, 0.1) is 29.6 Å². The highest BCUT2D eigenvalue weighted by molar-refractivity contribution is 9.10. The van der Waals surface area contributed by atoms with Crippen molar-refractivity contribution < 1.29 is 19.1 Å². The topological polar surface area (TPSA) is 136 Å². The van der Waals surface area contributed by atoms with Gasteiger partial charge in [0, 0.05) is 54.1 Å². The molecular formula is C63H79BrN6O4. The number of nitrogens with zero attached hydrogens (tertiary/aromatic N) is 5. The molecule has 392 valence electrons. The van der Waals surface area contributed by atoms with E-state index in [1.807, 2.05) is 127 Å². The van der Waals surface area contributed by atoms with Crippen LogP contribution < -0.4 is 10.6 Å². The molecule has 6 aromatic carbocycles. The quantitative estimate of drug-likeness (QED) is 0.139. The SMILES string of the molecule is C.C.CC(C)(C)OC(=O)c1cccc(Br)c1.CC(C)(C)OC(=O)c1cccc(N(c2cccc(C#N)c2)C2CCN(Cc3ccccc3)CC2)c1.Cc1cccc(C#N)c1.NC1CCN(Cc2ccccc2)CC1. The van der Waals surface area contributed by atoms with Gasteiger partial charge in [0.15, 0.2) is 0 Å². The lowest BCUT2D eigenvalue weighted by atomic mass is 9.99. The lowest BCUT2D eigenvalue weighted by molar-refractivity contribution is 0.00570. The van der Waals surface area contributed by atoms with Gasteiger partial charge in [-0.25, -0.2) is 9.59 Å². The van der Waals surface area contributed by atoms with Crippen LogP contribution in [-0.4, -0.2) is 71.2 Å². The van der Waals surface area contributed by atoms with Gasteiger partial charge in [-0.3, -0.25) is 9.80 Å². The van der Waals surface area contributed by atoms with Crippen LogP contribution in [0.25, 0.3) is 0 Å². The van der Waals surface area contributed by atoms with Gasteiger partial charge in [-0.05, 0) is 171 Å². The number of carbonyl (C=O) groups is 2.